The average Bonchev–Trinajstić information content (AvgIpc) is 2.50. The molecule has 0 saturated heterocycles. The first-order chi connectivity index (χ1) is 10.2. The fourth-order valence-electron chi connectivity index (χ4n) is 1.87. The van der Waals surface area contributed by atoms with Crippen LogP contribution in [-0.4, -0.2) is 28.4 Å². The zero-order valence-corrected chi connectivity index (χ0v) is 11.7. The Labute approximate surface area is 122 Å². The van der Waals surface area contributed by atoms with E-state index in [1.54, 1.807) is 19.4 Å². The number of aliphatic hydroxyl groups excluding tert-OH is 1. The summed E-state index contributed by atoms with van der Waals surface area (Å²) in [6, 6.07) is 7.30. The second-order valence-corrected chi connectivity index (χ2v) is 4.34. The van der Waals surface area contributed by atoms with Crippen LogP contribution in [0.2, 0.25) is 0 Å². The number of benzene rings is 1. The predicted octanol–water partition coefficient (Wildman–Crippen LogP) is 1.03. The van der Waals surface area contributed by atoms with Crippen LogP contribution < -0.4 is 10.4 Å². The van der Waals surface area contributed by atoms with Crippen LogP contribution in [0, 0.1) is 11.8 Å². The number of rotatable bonds is 4. The third-order valence-electron chi connectivity index (χ3n) is 2.86. The summed E-state index contributed by atoms with van der Waals surface area (Å²) in [7, 11) is 1.58. The van der Waals surface area contributed by atoms with Crippen LogP contribution >= 0.6 is 0 Å². The number of methoxy groups -OCH3 is 1. The first-order valence-corrected chi connectivity index (χ1v) is 6.52. The molecule has 1 aromatic heterocycles. The van der Waals surface area contributed by atoms with E-state index < -0.39 is 0 Å². The van der Waals surface area contributed by atoms with Gasteiger partial charge in [0.05, 0.1) is 25.8 Å². The highest BCUT2D eigenvalue weighted by Gasteiger charge is 2.04. The molecule has 108 valence electrons. The van der Waals surface area contributed by atoms with E-state index in [4.69, 9.17) is 9.84 Å². The summed E-state index contributed by atoms with van der Waals surface area (Å²) in [6.07, 6.45) is 3.57. The fraction of sp³-hybridized carbons (Fsp3) is 0.250. The monoisotopic (exact) mass is 284 g/mol. The van der Waals surface area contributed by atoms with Gasteiger partial charge in [0.25, 0.3) is 0 Å². The van der Waals surface area contributed by atoms with Crippen molar-refractivity contribution in [3.63, 3.8) is 0 Å². The van der Waals surface area contributed by atoms with E-state index in [1.807, 2.05) is 18.2 Å². The molecule has 0 fully saturated rings. The van der Waals surface area contributed by atoms with Gasteiger partial charge in [0.1, 0.15) is 5.75 Å². The van der Waals surface area contributed by atoms with E-state index in [2.05, 4.69) is 16.8 Å². The van der Waals surface area contributed by atoms with Crippen molar-refractivity contribution in [1.82, 2.24) is 9.55 Å². The average molecular weight is 284 g/mol. The smallest absolute Gasteiger partial charge is 0.347 e. The van der Waals surface area contributed by atoms with Crippen molar-refractivity contribution in [3.05, 3.63) is 58.3 Å². The Hall–Kier alpha value is -2.58. The summed E-state index contributed by atoms with van der Waals surface area (Å²) in [4.78, 5) is 15.3. The van der Waals surface area contributed by atoms with Gasteiger partial charge in [0.15, 0.2) is 0 Å². The molecule has 0 aliphatic rings. The highest BCUT2D eigenvalue weighted by Crippen LogP contribution is 2.19. The lowest BCUT2D eigenvalue weighted by Gasteiger charge is -2.08. The lowest BCUT2D eigenvalue weighted by molar-refractivity contribution is 0.305. The van der Waals surface area contributed by atoms with Gasteiger partial charge < -0.3 is 9.84 Å². The van der Waals surface area contributed by atoms with Crippen molar-refractivity contribution in [3.8, 4) is 17.6 Å². The Balaban J connectivity index is 2.30. The Morgan fingerprint density at radius 2 is 2.29 bits per heavy atom. The summed E-state index contributed by atoms with van der Waals surface area (Å²) in [5.41, 5.74) is 1.38. The van der Waals surface area contributed by atoms with Crippen molar-refractivity contribution in [2.45, 2.75) is 13.0 Å². The van der Waals surface area contributed by atoms with Crippen LogP contribution in [-0.2, 0) is 6.54 Å². The largest absolute Gasteiger partial charge is 0.495 e. The van der Waals surface area contributed by atoms with Gasteiger partial charge in [0, 0.05) is 18.8 Å². The molecule has 1 aromatic carbocycles. The number of hydrogen-bond donors (Lipinski definition) is 1. The number of aliphatic hydroxyl groups is 1. The first kappa shape index (κ1) is 14.8. The van der Waals surface area contributed by atoms with Gasteiger partial charge in [-0.05, 0) is 23.8 Å². The number of ether oxygens (including phenoxy) is 1. The minimum absolute atomic E-state index is 0.0279. The zero-order valence-electron chi connectivity index (χ0n) is 11.7. The van der Waals surface area contributed by atoms with Crippen molar-refractivity contribution in [2.75, 3.05) is 13.7 Å². The molecule has 0 saturated carbocycles. The van der Waals surface area contributed by atoms with Gasteiger partial charge >= 0.3 is 5.69 Å². The van der Waals surface area contributed by atoms with E-state index in [-0.39, 0.29) is 12.3 Å². The molecule has 0 radical (unpaired) electrons. The Bertz CT molecular complexity index is 726. The third kappa shape index (κ3) is 3.94. The summed E-state index contributed by atoms with van der Waals surface area (Å²) in [5.74, 6) is 6.50. The van der Waals surface area contributed by atoms with Crippen LogP contribution in [0.3, 0.4) is 0 Å². The molecule has 1 heterocycles. The molecular weight excluding hydrogens is 268 g/mol. The second-order valence-electron chi connectivity index (χ2n) is 4.34. The summed E-state index contributed by atoms with van der Waals surface area (Å²) in [6.45, 7) is 0.450. The lowest BCUT2D eigenvalue weighted by atomic mass is 10.1. The molecule has 0 unspecified atom stereocenters. The number of hydrogen-bond acceptors (Lipinski definition) is 4. The summed E-state index contributed by atoms with van der Waals surface area (Å²) in [5, 5.41) is 8.77. The van der Waals surface area contributed by atoms with Gasteiger partial charge in [-0.15, -0.1) is 0 Å². The van der Waals surface area contributed by atoms with Crippen molar-refractivity contribution >= 4 is 0 Å². The molecule has 2 rings (SSSR count). The molecule has 1 N–H and O–H groups in total. The van der Waals surface area contributed by atoms with E-state index >= 15 is 0 Å². The van der Waals surface area contributed by atoms with E-state index in [9.17, 15) is 4.79 Å². The van der Waals surface area contributed by atoms with Crippen LogP contribution in [0.15, 0.2) is 41.5 Å². The van der Waals surface area contributed by atoms with Crippen LogP contribution in [0.5, 0.6) is 5.75 Å². The van der Waals surface area contributed by atoms with E-state index in [1.165, 1.54) is 10.8 Å². The summed E-state index contributed by atoms with van der Waals surface area (Å²) >= 11 is 0. The second kappa shape index (κ2) is 7.27. The maximum Gasteiger partial charge on any atom is 0.347 e. The number of nitrogens with zero attached hydrogens (tertiary/aromatic N) is 2. The van der Waals surface area contributed by atoms with Gasteiger partial charge in [-0.25, -0.2) is 9.78 Å². The molecule has 21 heavy (non-hydrogen) atoms. The molecule has 5 heteroatoms. The fourth-order valence-corrected chi connectivity index (χ4v) is 1.87. The minimum atomic E-state index is -0.291. The van der Waals surface area contributed by atoms with Crippen LogP contribution in [0.4, 0.5) is 0 Å². The zero-order chi connectivity index (χ0) is 15.1. The third-order valence-corrected chi connectivity index (χ3v) is 2.86. The van der Waals surface area contributed by atoms with E-state index in [0.717, 1.165) is 11.1 Å². The summed E-state index contributed by atoms with van der Waals surface area (Å²) < 4.78 is 6.78. The minimum Gasteiger partial charge on any atom is -0.495 e. The highest BCUT2D eigenvalue weighted by atomic mass is 16.5. The molecule has 0 aliphatic carbocycles. The van der Waals surface area contributed by atoms with Crippen molar-refractivity contribution < 1.29 is 9.84 Å². The molecule has 0 atom stereocenters. The number of aromatic nitrogens is 2. The Kier molecular flexibility index (Phi) is 5.13. The predicted molar refractivity (Wildman–Crippen MR) is 79.2 cm³/mol. The Morgan fingerprint density at radius 1 is 1.43 bits per heavy atom. The Morgan fingerprint density at radius 3 is 3.00 bits per heavy atom. The quantitative estimate of drug-likeness (QED) is 0.852. The van der Waals surface area contributed by atoms with Gasteiger partial charge in [-0.1, -0.05) is 17.9 Å². The molecular formula is C16H16N2O3. The molecule has 2 aromatic rings. The molecule has 0 amide bonds. The maximum absolute atomic E-state index is 11.6. The molecule has 5 nitrogen and oxygen atoms in total. The van der Waals surface area contributed by atoms with Crippen LogP contribution in [0.1, 0.15) is 17.5 Å². The van der Waals surface area contributed by atoms with Gasteiger partial charge in [-0.3, -0.25) is 4.57 Å². The van der Waals surface area contributed by atoms with Crippen molar-refractivity contribution in [1.29, 1.82) is 0 Å². The van der Waals surface area contributed by atoms with Gasteiger partial charge in [-0.2, -0.15) is 0 Å². The standard InChI is InChI=1S/C16H16N2O3/c1-21-15-7-6-13(11-14(15)5-2-3-10-19)12-18-9-4-8-17-16(18)20/h4,6-9,11,19H,3,10,12H2,1H3. The molecule has 0 aliphatic heterocycles. The molecule has 0 bridgehead atoms. The van der Waals surface area contributed by atoms with Crippen molar-refractivity contribution in [2.24, 2.45) is 0 Å². The van der Waals surface area contributed by atoms with E-state index in [0.29, 0.717) is 18.7 Å². The maximum atomic E-state index is 11.6. The molecule has 0 spiro atoms. The first-order valence-electron chi connectivity index (χ1n) is 6.52. The topological polar surface area (TPSA) is 64.4 Å². The highest BCUT2D eigenvalue weighted by molar-refractivity contribution is 5.48. The SMILES string of the molecule is COc1ccc(Cn2cccnc2=O)cc1C#CCCO. The lowest BCUT2D eigenvalue weighted by Crippen LogP contribution is -2.21. The normalized spacial score (nSPS) is 9.81. The van der Waals surface area contributed by atoms with Crippen LogP contribution in [0.25, 0.3) is 0 Å². The van der Waals surface area contributed by atoms with Gasteiger partial charge in [0.2, 0.25) is 0 Å².